The summed E-state index contributed by atoms with van der Waals surface area (Å²) in [7, 11) is -2.83. The summed E-state index contributed by atoms with van der Waals surface area (Å²) in [4.78, 5) is 0.929. The molecule has 0 aromatic carbocycles. The number of fused-ring (bicyclic) bond motifs is 1. The van der Waals surface area contributed by atoms with Crippen molar-refractivity contribution < 1.29 is 8.42 Å². The van der Waals surface area contributed by atoms with Gasteiger partial charge in [0.15, 0.2) is 9.84 Å². The van der Waals surface area contributed by atoms with Crippen molar-refractivity contribution in [3.63, 3.8) is 0 Å². The van der Waals surface area contributed by atoms with E-state index >= 15 is 0 Å². The Labute approximate surface area is 75.1 Å². The molecule has 12 heavy (non-hydrogen) atoms. The monoisotopic (exact) mass is 203 g/mol. The third-order valence-corrected chi connectivity index (χ3v) is 4.81. The third kappa shape index (κ3) is 1.23. The zero-order valence-electron chi connectivity index (χ0n) is 6.41. The van der Waals surface area contributed by atoms with Crippen molar-refractivity contribution in [3.05, 3.63) is 15.8 Å². The summed E-state index contributed by atoms with van der Waals surface area (Å²) >= 11 is 1.45. The molecule has 1 aromatic rings. The summed E-state index contributed by atoms with van der Waals surface area (Å²) in [6.45, 7) is 0. The minimum Gasteiger partial charge on any atom is -0.398 e. The van der Waals surface area contributed by atoms with Crippen LogP contribution >= 0.6 is 11.3 Å². The van der Waals surface area contributed by atoms with E-state index in [0.717, 1.165) is 16.1 Å². The molecule has 0 unspecified atom stereocenters. The molecule has 3 nitrogen and oxygen atoms in total. The van der Waals surface area contributed by atoms with Gasteiger partial charge in [-0.2, -0.15) is 0 Å². The second-order valence-electron chi connectivity index (χ2n) is 2.93. The first-order chi connectivity index (χ1) is 5.58. The lowest BCUT2D eigenvalue weighted by Crippen LogP contribution is -2.17. The predicted octanol–water partition coefficient (Wildman–Crippen LogP) is 0.801. The van der Waals surface area contributed by atoms with Gasteiger partial charge in [-0.05, 0) is 12.0 Å². The largest absolute Gasteiger partial charge is 0.398 e. The second-order valence-corrected chi connectivity index (χ2v) is 6.08. The molecule has 0 fully saturated rings. The van der Waals surface area contributed by atoms with E-state index in [1.54, 1.807) is 0 Å². The molecule has 0 atom stereocenters. The first-order valence-corrected chi connectivity index (χ1v) is 6.34. The average molecular weight is 203 g/mol. The van der Waals surface area contributed by atoms with Crippen molar-refractivity contribution >= 4 is 26.9 Å². The molecule has 0 saturated heterocycles. The fourth-order valence-electron chi connectivity index (χ4n) is 1.37. The van der Waals surface area contributed by atoms with Crippen LogP contribution in [0.5, 0.6) is 0 Å². The number of nitrogen functional groups attached to an aromatic ring is 1. The minimum absolute atomic E-state index is 0.185. The molecule has 2 rings (SSSR count). The SMILES string of the molecule is Nc1csc2c1CCS(=O)(=O)C2. The fraction of sp³-hybridized carbons (Fsp3) is 0.429. The number of sulfone groups is 1. The normalized spacial score (nSPS) is 20.3. The molecule has 0 amide bonds. The van der Waals surface area contributed by atoms with E-state index in [0.29, 0.717) is 6.42 Å². The van der Waals surface area contributed by atoms with Crippen LogP contribution < -0.4 is 5.73 Å². The van der Waals surface area contributed by atoms with Crippen LogP contribution in [-0.2, 0) is 22.0 Å². The highest BCUT2D eigenvalue weighted by Crippen LogP contribution is 2.30. The molecule has 1 aromatic heterocycles. The Kier molecular flexibility index (Phi) is 1.66. The zero-order chi connectivity index (χ0) is 8.77. The Morgan fingerprint density at radius 1 is 1.50 bits per heavy atom. The van der Waals surface area contributed by atoms with Crippen LogP contribution in [0.3, 0.4) is 0 Å². The van der Waals surface area contributed by atoms with Gasteiger partial charge in [-0.1, -0.05) is 0 Å². The first kappa shape index (κ1) is 8.07. The second kappa shape index (κ2) is 2.47. The van der Waals surface area contributed by atoms with E-state index in [1.165, 1.54) is 11.3 Å². The Morgan fingerprint density at radius 3 is 3.00 bits per heavy atom. The molecular weight excluding hydrogens is 194 g/mol. The Bertz CT molecular complexity index is 405. The number of hydrogen-bond acceptors (Lipinski definition) is 4. The molecule has 0 bridgehead atoms. The van der Waals surface area contributed by atoms with Crippen molar-refractivity contribution in [2.24, 2.45) is 0 Å². The molecule has 2 heterocycles. The molecular formula is C7H9NO2S2. The Balaban J connectivity index is 2.50. The Morgan fingerprint density at radius 2 is 2.25 bits per heavy atom. The van der Waals surface area contributed by atoms with Crippen LogP contribution in [0.4, 0.5) is 5.69 Å². The predicted molar refractivity (Wildman–Crippen MR) is 49.9 cm³/mol. The van der Waals surface area contributed by atoms with Gasteiger partial charge in [0.05, 0.1) is 11.5 Å². The molecule has 66 valence electrons. The molecule has 0 saturated carbocycles. The van der Waals surface area contributed by atoms with Crippen molar-refractivity contribution in [3.8, 4) is 0 Å². The molecule has 1 aliphatic heterocycles. The molecule has 5 heteroatoms. The van der Waals surface area contributed by atoms with Crippen LogP contribution in [0.1, 0.15) is 10.4 Å². The van der Waals surface area contributed by atoms with E-state index in [1.807, 2.05) is 5.38 Å². The van der Waals surface area contributed by atoms with Crippen LogP contribution in [0, 0.1) is 0 Å². The van der Waals surface area contributed by atoms with E-state index < -0.39 is 9.84 Å². The maximum Gasteiger partial charge on any atom is 0.155 e. The lowest BCUT2D eigenvalue weighted by molar-refractivity contribution is 0.592. The number of hydrogen-bond donors (Lipinski definition) is 1. The van der Waals surface area contributed by atoms with Gasteiger partial charge < -0.3 is 5.73 Å². The summed E-state index contributed by atoms with van der Waals surface area (Å²) in [6, 6.07) is 0. The van der Waals surface area contributed by atoms with Gasteiger partial charge in [-0.25, -0.2) is 8.42 Å². The topological polar surface area (TPSA) is 60.2 Å². The van der Waals surface area contributed by atoms with E-state index in [-0.39, 0.29) is 11.5 Å². The van der Waals surface area contributed by atoms with E-state index in [9.17, 15) is 8.42 Å². The van der Waals surface area contributed by atoms with Crippen LogP contribution in [0.2, 0.25) is 0 Å². The highest BCUT2D eigenvalue weighted by Gasteiger charge is 2.23. The van der Waals surface area contributed by atoms with Crippen molar-refractivity contribution in [2.45, 2.75) is 12.2 Å². The minimum atomic E-state index is -2.83. The van der Waals surface area contributed by atoms with Gasteiger partial charge in [0.1, 0.15) is 0 Å². The maximum atomic E-state index is 11.2. The van der Waals surface area contributed by atoms with Crippen molar-refractivity contribution in [1.29, 1.82) is 0 Å². The number of nitrogens with two attached hydrogens (primary N) is 1. The van der Waals surface area contributed by atoms with Gasteiger partial charge in [0.2, 0.25) is 0 Å². The van der Waals surface area contributed by atoms with Crippen molar-refractivity contribution in [2.75, 3.05) is 11.5 Å². The Hall–Kier alpha value is -0.550. The quantitative estimate of drug-likeness (QED) is 0.678. The van der Waals surface area contributed by atoms with Gasteiger partial charge in [-0.3, -0.25) is 0 Å². The van der Waals surface area contributed by atoms with Gasteiger partial charge in [0.25, 0.3) is 0 Å². The molecule has 0 spiro atoms. The molecule has 2 N–H and O–H groups in total. The number of rotatable bonds is 0. The van der Waals surface area contributed by atoms with Crippen LogP contribution in [0.15, 0.2) is 5.38 Å². The van der Waals surface area contributed by atoms with Gasteiger partial charge in [0, 0.05) is 15.9 Å². The number of anilines is 1. The zero-order valence-corrected chi connectivity index (χ0v) is 8.04. The summed E-state index contributed by atoms with van der Waals surface area (Å²) in [5.41, 5.74) is 7.47. The van der Waals surface area contributed by atoms with Crippen LogP contribution in [0.25, 0.3) is 0 Å². The first-order valence-electron chi connectivity index (χ1n) is 3.63. The smallest absolute Gasteiger partial charge is 0.155 e. The molecule has 0 aliphatic carbocycles. The molecule has 1 aliphatic rings. The van der Waals surface area contributed by atoms with Gasteiger partial charge in [-0.15, -0.1) is 11.3 Å². The number of thiophene rings is 1. The summed E-state index contributed by atoms with van der Waals surface area (Å²) in [5, 5.41) is 1.82. The average Bonchev–Trinajstić information content (AvgIpc) is 2.30. The van der Waals surface area contributed by atoms with Crippen LogP contribution in [-0.4, -0.2) is 14.2 Å². The lowest BCUT2D eigenvalue weighted by Gasteiger charge is -2.11. The standard InChI is InChI=1S/C7H9NO2S2/c8-6-3-11-7-4-12(9,10)2-1-5(6)7/h3H,1-2,4,8H2. The lowest BCUT2D eigenvalue weighted by atomic mass is 10.2. The third-order valence-electron chi connectivity index (χ3n) is 2.03. The maximum absolute atomic E-state index is 11.2. The van der Waals surface area contributed by atoms with E-state index in [4.69, 9.17) is 5.73 Å². The summed E-state index contributed by atoms with van der Waals surface area (Å²) in [5.74, 6) is 0.436. The summed E-state index contributed by atoms with van der Waals surface area (Å²) < 4.78 is 22.4. The summed E-state index contributed by atoms with van der Waals surface area (Å²) in [6.07, 6.45) is 0.590. The molecule has 0 radical (unpaired) electrons. The highest BCUT2D eigenvalue weighted by molar-refractivity contribution is 7.90. The van der Waals surface area contributed by atoms with Gasteiger partial charge >= 0.3 is 0 Å². The highest BCUT2D eigenvalue weighted by atomic mass is 32.2. The fourth-order valence-corrected chi connectivity index (χ4v) is 4.19. The van der Waals surface area contributed by atoms with E-state index in [2.05, 4.69) is 0 Å². The van der Waals surface area contributed by atoms with Crippen molar-refractivity contribution in [1.82, 2.24) is 0 Å².